The van der Waals surface area contributed by atoms with Crippen LogP contribution in [0.2, 0.25) is 0 Å². The quantitative estimate of drug-likeness (QED) is 0.773. The van der Waals surface area contributed by atoms with E-state index in [2.05, 4.69) is 44.8 Å². The molecule has 0 aromatic heterocycles. The van der Waals surface area contributed by atoms with Crippen molar-refractivity contribution in [1.82, 2.24) is 10.2 Å². The lowest BCUT2D eigenvalue weighted by Crippen LogP contribution is -2.43. The van der Waals surface area contributed by atoms with Crippen molar-refractivity contribution in [2.24, 2.45) is 0 Å². The molecule has 3 heteroatoms. The summed E-state index contributed by atoms with van der Waals surface area (Å²) in [7, 11) is 0. The Kier molecular flexibility index (Phi) is 5.90. The second kappa shape index (κ2) is 6.72. The zero-order chi connectivity index (χ0) is 12.9. The van der Waals surface area contributed by atoms with Gasteiger partial charge in [0.1, 0.15) is 0 Å². The van der Waals surface area contributed by atoms with E-state index < -0.39 is 0 Å². The van der Waals surface area contributed by atoms with Crippen LogP contribution in [0, 0.1) is 0 Å². The molecule has 1 saturated heterocycles. The first-order chi connectivity index (χ1) is 7.88. The summed E-state index contributed by atoms with van der Waals surface area (Å²) in [5, 5.41) is 3.57. The third-order valence-electron chi connectivity index (χ3n) is 3.26. The predicted octanol–water partition coefficient (Wildman–Crippen LogP) is 2.26. The summed E-state index contributed by atoms with van der Waals surface area (Å²) in [5.41, 5.74) is -0.0196. The van der Waals surface area contributed by atoms with Gasteiger partial charge in [0.15, 0.2) is 0 Å². The minimum absolute atomic E-state index is 0.0196. The molecule has 17 heavy (non-hydrogen) atoms. The lowest BCUT2D eigenvalue weighted by Gasteiger charge is -2.30. The van der Waals surface area contributed by atoms with E-state index in [1.165, 1.54) is 19.4 Å². The van der Waals surface area contributed by atoms with Crippen molar-refractivity contribution >= 4 is 0 Å². The number of ether oxygens (including phenoxy) is 1. The van der Waals surface area contributed by atoms with Crippen molar-refractivity contribution in [3.8, 4) is 0 Å². The van der Waals surface area contributed by atoms with Crippen molar-refractivity contribution < 1.29 is 4.74 Å². The molecule has 1 fully saturated rings. The normalized spacial score (nSPS) is 21.7. The largest absolute Gasteiger partial charge is 0.375 e. The van der Waals surface area contributed by atoms with Gasteiger partial charge in [-0.05, 0) is 54.0 Å². The monoisotopic (exact) mass is 242 g/mol. The third kappa shape index (κ3) is 6.39. The molecule has 0 spiro atoms. The highest BCUT2D eigenvalue weighted by Crippen LogP contribution is 2.11. The molecule has 0 amide bonds. The van der Waals surface area contributed by atoms with Gasteiger partial charge in [-0.2, -0.15) is 0 Å². The SMILES string of the molecule is CC(C)N(CCOC(C)(C)C)CC1CCCN1. The maximum Gasteiger partial charge on any atom is 0.0600 e. The predicted molar refractivity (Wildman–Crippen MR) is 73.4 cm³/mol. The summed E-state index contributed by atoms with van der Waals surface area (Å²) in [6.45, 7) is 15.1. The van der Waals surface area contributed by atoms with Crippen LogP contribution in [0.3, 0.4) is 0 Å². The lowest BCUT2D eigenvalue weighted by atomic mass is 10.2. The molecule has 3 nitrogen and oxygen atoms in total. The van der Waals surface area contributed by atoms with E-state index in [1.54, 1.807) is 0 Å². The molecule has 1 aliphatic rings. The van der Waals surface area contributed by atoms with Gasteiger partial charge in [0.25, 0.3) is 0 Å². The minimum Gasteiger partial charge on any atom is -0.375 e. The second-order valence-corrected chi connectivity index (χ2v) is 6.34. The molecular formula is C14H30N2O. The van der Waals surface area contributed by atoms with E-state index in [0.717, 1.165) is 19.7 Å². The van der Waals surface area contributed by atoms with Crippen molar-refractivity contribution in [2.45, 2.75) is 65.1 Å². The van der Waals surface area contributed by atoms with Crippen LogP contribution in [-0.2, 0) is 4.74 Å². The smallest absolute Gasteiger partial charge is 0.0600 e. The fourth-order valence-corrected chi connectivity index (χ4v) is 2.23. The van der Waals surface area contributed by atoms with Crippen LogP contribution in [0.5, 0.6) is 0 Å². The van der Waals surface area contributed by atoms with Gasteiger partial charge in [-0.25, -0.2) is 0 Å². The second-order valence-electron chi connectivity index (χ2n) is 6.34. The van der Waals surface area contributed by atoms with Crippen LogP contribution in [-0.4, -0.2) is 48.8 Å². The maximum atomic E-state index is 5.81. The summed E-state index contributed by atoms with van der Waals surface area (Å²) < 4.78 is 5.81. The Morgan fingerprint density at radius 2 is 2.06 bits per heavy atom. The average molecular weight is 242 g/mol. The van der Waals surface area contributed by atoms with Crippen molar-refractivity contribution in [2.75, 3.05) is 26.2 Å². The summed E-state index contributed by atoms with van der Waals surface area (Å²) in [6.07, 6.45) is 2.65. The van der Waals surface area contributed by atoms with Gasteiger partial charge in [0, 0.05) is 25.2 Å². The zero-order valence-corrected chi connectivity index (χ0v) is 12.3. The first-order valence-corrected chi connectivity index (χ1v) is 7.00. The molecule has 1 rings (SSSR count). The fourth-order valence-electron chi connectivity index (χ4n) is 2.23. The molecule has 0 saturated carbocycles. The lowest BCUT2D eigenvalue weighted by molar-refractivity contribution is -0.0169. The summed E-state index contributed by atoms with van der Waals surface area (Å²) >= 11 is 0. The number of hydrogen-bond donors (Lipinski definition) is 1. The molecule has 0 aliphatic carbocycles. The van der Waals surface area contributed by atoms with E-state index in [1.807, 2.05) is 0 Å². The van der Waals surface area contributed by atoms with E-state index in [9.17, 15) is 0 Å². The zero-order valence-electron chi connectivity index (χ0n) is 12.3. The number of nitrogens with zero attached hydrogens (tertiary/aromatic N) is 1. The Balaban J connectivity index is 2.27. The number of rotatable bonds is 6. The molecule has 1 unspecified atom stereocenters. The third-order valence-corrected chi connectivity index (χ3v) is 3.26. The minimum atomic E-state index is -0.0196. The molecule has 1 heterocycles. The van der Waals surface area contributed by atoms with Crippen molar-refractivity contribution in [3.05, 3.63) is 0 Å². The molecule has 0 aromatic rings. The Bertz CT molecular complexity index is 205. The summed E-state index contributed by atoms with van der Waals surface area (Å²) in [4.78, 5) is 2.52. The highest BCUT2D eigenvalue weighted by atomic mass is 16.5. The topological polar surface area (TPSA) is 24.5 Å². The van der Waals surface area contributed by atoms with E-state index in [-0.39, 0.29) is 5.60 Å². The van der Waals surface area contributed by atoms with Gasteiger partial charge < -0.3 is 10.1 Å². The molecule has 1 N–H and O–H groups in total. The van der Waals surface area contributed by atoms with Gasteiger partial charge in [-0.15, -0.1) is 0 Å². The summed E-state index contributed by atoms with van der Waals surface area (Å²) in [5.74, 6) is 0. The van der Waals surface area contributed by atoms with E-state index in [0.29, 0.717) is 12.1 Å². The molecule has 0 bridgehead atoms. The van der Waals surface area contributed by atoms with Crippen LogP contribution in [0.15, 0.2) is 0 Å². The number of hydrogen-bond acceptors (Lipinski definition) is 3. The first kappa shape index (κ1) is 14.9. The molecule has 0 aromatic carbocycles. The molecule has 0 radical (unpaired) electrons. The standard InChI is InChI=1S/C14H30N2O/c1-12(2)16(9-10-17-14(3,4)5)11-13-7-6-8-15-13/h12-13,15H,6-11H2,1-5H3. The van der Waals surface area contributed by atoms with Crippen molar-refractivity contribution in [3.63, 3.8) is 0 Å². The molecular weight excluding hydrogens is 212 g/mol. The van der Waals surface area contributed by atoms with E-state index >= 15 is 0 Å². The highest BCUT2D eigenvalue weighted by Gasteiger charge is 2.20. The summed E-state index contributed by atoms with van der Waals surface area (Å²) in [6, 6.07) is 1.29. The Morgan fingerprint density at radius 3 is 2.53 bits per heavy atom. The Labute approximate surface area is 107 Å². The Morgan fingerprint density at radius 1 is 1.35 bits per heavy atom. The maximum absolute atomic E-state index is 5.81. The van der Waals surface area contributed by atoms with Gasteiger partial charge in [-0.3, -0.25) is 4.90 Å². The van der Waals surface area contributed by atoms with Crippen molar-refractivity contribution in [1.29, 1.82) is 0 Å². The molecule has 1 aliphatic heterocycles. The average Bonchev–Trinajstić information content (AvgIpc) is 2.66. The first-order valence-electron chi connectivity index (χ1n) is 7.00. The van der Waals surface area contributed by atoms with Crippen LogP contribution in [0.4, 0.5) is 0 Å². The van der Waals surface area contributed by atoms with Crippen LogP contribution in [0.25, 0.3) is 0 Å². The number of nitrogens with one attached hydrogen (secondary N) is 1. The van der Waals surface area contributed by atoms with E-state index in [4.69, 9.17) is 4.74 Å². The molecule has 102 valence electrons. The van der Waals surface area contributed by atoms with Crippen LogP contribution in [0.1, 0.15) is 47.5 Å². The van der Waals surface area contributed by atoms with Gasteiger partial charge in [-0.1, -0.05) is 0 Å². The van der Waals surface area contributed by atoms with Gasteiger partial charge >= 0.3 is 0 Å². The van der Waals surface area contributed by atoms with Gasteiger partial charge in [0.2, 0.25) is 0 Å². The molecule has 1 atom stereocenters. The Hall–Kier alpha value is -0.120. The fraction of sp³-hybridized carbons (Fsp3) is 1.00. The van der Waals surface area contributed by atoms with Gasteiger partial charge in [0.05, 0.1) is 12.2 Å². The van der Waals surface area contributed by atoms with Crippen LogP contribution < -0.4 is 5.32 Å². The van der Waals surface area contributed by atoms with Crippen LogP contribution >= 0.6 is 0 Å². The highest BCUT2D eigenvalue weighted by molar-refractivity contribution is 4.79.